The molecule has 156 valence electrons. The molecular weight excluding hydrogens is 406 g/mol. The minimum atomic E-state index is -0.470. The van der Waals surface area contributed by atoms with E-state index < -0.39 is 5.97 Å². The smallest absolute Gasteiger partial charge is 0.337 e. The van der Waals surface area contributed by atoms with Gasteiger partial charge in [0.25, 0.3) is 11.1 Å². The first-order valence-corrected chi connectivity index (χ1v) is 10.1. The van der Waals surface area contributed by atoms with Crippen LogP contribution < -0.4 is 10.1 Å². The van der Waals surface area contributed by atoms with Crippen molar-refractivity contribution >= 4 is 29.3 Å². The molecular formula is C21H21N3O5S. The summed E-state index contributed by atoms with van der Waals surface area (Å²) in [6, 6.07) is 12.4. The maximum absolute atomic E-state index is 12.2. The van der Waals surface area contributed by atoms with E-state index in [4.69, 9.17) is 9.15 Å². The standard InChI is InChI=1S/C21H21N3O5S/c1-13-7-14(2)9-17(8-13)28-11-19-23-24-21(29-19)30-12-18(25)22-16-6-4-5-15(10-16)20(26)27-3/h4-10H,11-12H2,1-3H3,(H,22,25). The Morgan fingerprint density at radius 2 is 1.87 bits per heavy atom. The summed E-state index contributed by atoms with van der Waals surface area (Å²) in [4.78, 5) is 23.7. The number of hydrogen-bond donors (Lipinski definition) is 1. The van der Waals surface area contributed by atoms with Gasteiger partial charge in [-0.15, -0.1) is 10.2 Å². The monoisotopic (exact) mass is 427 g/mol. The van der Waals surface area contributed by atoms with Crippen molar-refractivity contribution in [2.75, 3.05) is 18.2 Å². The SMILES string of the molecule is COC(=O)c1cccc(NC(=O)CSc2nnc(COc3cc(C)cc(C)c3)o2)c1. The van der Waals surface area contributed by atoms with Crippen LogP contribution in [0.1, 0.15) is 27.4 Å². The maximum atomic E-state index is 12.2. The number of thioether (sulfide) groups is 1. The van der Waals surface area contributed by atoms with Crippen LogP contribution in [0.2, 0.25) is 0 Å². The second-order valence-corrected chi connectivity index (χ2v) is 7.41. The number of amides is 1. The van der Waals surface area contributed by atoms with Crippen LogP contribution in [0.15, 0.2) is 52.1 Å². The molecule has 8 nitrogen and oxygen atoms in total. The molecule has 0 bridgehead atoms. The average molecular weight is 427 g/mol. The van der Waals surface area contributed by atoms with Gasteiger partial charge in [-0.1, -0.05) is 23.9 Å². The van der Waals surface area contributed by atoms with Crippen LogP contribution >= 0.6 is 11.8 Å². The topological polar surface area (TPSA) is 104 Å². The van der Waals surface area contributed by atoms with Gasteiger partial charge in [-0.2, -0.15) is 0 Å². The van der Waals surface area contributed by atoms with Crippen LogP contribution in [-0.2, 0) is 16.1 Å². The lowest BCUT2D eigenvalue weighted by Gasteiger charge is -2.06. The molecule has 1 amide bonds. The Bertz CT molecular complexity index is 1030. The average Bonchev–Trinajstić information content (AvgIpc) is 3.17. The summed E-state index contributed by atoms with van der Waals surface area (Å²) in [6.45, 7) is 4.14. The first-order valence-electron chi connectivity index (χ1n) is 9.07. The van der Waals surface area contributed by atoms with Gasteiger partial charge in [0.05, 0.1) is 18.4 Å². The van der Waals surface area contributed by atoms with Gasteiger partial charge in [0.2, 0.25) is 5.91 Å². The number of methoxy groups -OCH3 is 1. The number of anilines is 1. The van der Waals surface area contributed by atoms with Crippen molar-refractivity contribution in [2.45, 2.75) is 25.7 Å². The number of rotatable bonds is 8. The summed E-state index contributed by atoms with van der Waals surface area (Å²) < 4.78 is 15.9. The van der Waals surface area contributed by atoms with Gasteiger partial charge in [-0.25, -0.2) is 4.79 Å². The highest BCUT2D eigenvalue weighted by Crippen LogP contribution is 2.20. The van der Waals surface area contributed by atoms with Crippen LogP contribution in [0, 0.1) is 13.8 Å². The molecule has 0 aliphatic rings. The number of hydrogen-bond acceptors (Lipinski definition) is 8. The molecule has 30 heavy (non-hydrogen) atoms. The first-order chi connectivity index (χ1) is 14.4. The predicted octanol–water partition coefficient (Wildman–Crippen LogP) is 3.78. The molecule has 0 spiro atoms. The van der Waals surface area contributed by atoms with Crippen LogP contribution in [0.4, 0.5) is 5.69 Å². The fourth-order valence-electron chi connectivity index (χ4n) is 2.68. The molecule has 0 aliphatic carbocycles. The molecule has 1 N–H and O–H groups in total. The summed E-state index contributed by atoms with van der Waals surface area (Å²) in [5.41, 5.74) is 3.06. The van der Waals surface area contributed by atoms with Crippen LogP contribution in [0.3, 0.4) is 0 Å². The molecule has 0 fully saturated rings. The molecule has 3 aromatic rings. The zero-order valence-electron chi connectivity index (χ0n) is 16.8. The van der Waals surface area contributed by atoms with Gasteiger partial charge in [0, 0.05) is 5.69 Å². The Morgan fingerprint density at radius 1 is 1.10 bits per heavy atom. The van der Waals surface area contributed by atoms with E-state index >= 15 is 0 Å². The summed E-state index contributed by atoms with van der Waals surface area (Å²) in [5, 5.41) is 10.8. The Labute approximate surface area is 178 Å². The van der Waals surface area contributed by atoms with Crippen molar-refractivity contribution in [3.8, 4) is 5.75 Å². The number of esters is 1. The molecule has 3 rings (SSSR count). The third kappa shape index (κ3) is 6.08. The minimum Gasteiger partial charge on any atom is -0.484 e. The lowest BCUT2D eigenvalue weighted by atomic mass is 10.1. The Kier molecular flexibility index (Phi) is 7.08. The molecule has 0 saturated heterocycles. The second kappa shape index (κ2) is 9.93. The van der Waals surface area contributed by atoms with Crippen molar-refractivity contribution in [3.63, 3.8) is 0 Å². The molecule has 0 aliphatic heterocycles. The first kappa shape index (κ1) is 21.4. The highest BCUT2D eigenvalue weighted by Gasteiger charge is 2.12. The lowest BCUT2D eigenvalue weighted by molar-refractivity contribution is -0.113. The van der Waals surface area contributed by atoms with Crippen LogP contribution in [0.5, 0.6) is 5.75 Å². The van der Waals surface area contributed by atoms with Crippen LogP contribution in [0.25, 0.3) is 0 Å². The number of carbonyl (C=O) groups is 2. The van der Waals surface area contributed by atoms with E-state index in [1.165, 1.54) is 7.11 Å². The molecule has 1 aromatic heterocycles. The highest BCUT2D eigenvalue weighted by atomic mass is 32.2. The number of carbonyl (C=O) groups excluding carboxylic acids is 2. The van der Waals surface area contributed by atoms with Gasteiger partial charge < -0.3 is 19.2 Å². The van der Waals surface area contributed by atoms with E-state index in [1.54, 1.807) is 24.3 Å². The number of ether oxygens (including phenoxy) is 2. The number of nitrogens with one attached hydrogen (secondary N) is 1. The van der Waals surface area contributed by atoms with Gasteiger partial charge in [-0.05, 0) is 55.3 Å². The summed E-state index contributed by atoms with van der Waals surface area (Å²) >= 11 is 1.11. The van der Waals surface area contributed by atoms with E-state index in [0.29, 0.717) is 17.1 Å². The number of aryl methyl sites for hydroxylation is 2. The molecule has 0 atom stereocenters. The molecule has 0 radical (unpaired) electrons. The summed E-state index contributed by atoms with van der Waals surface area (Å²) in [7, 11) is 1.30. The quantitative estimate of drug-likeness (QED) is 0.428. The summed E-state index contributed by atoms with van der Waals surface area (Å²) in [6.07, 6.45) is 0. The second-order valence-electron chi connectivity index (χ2n) is 6.48. The van der Waals surface area contributed by atoms with Crippen molar-refractivity contribution in [1.82, 2.24) is 10.2 Å². The third-order valence-corrected chi connectivity index (χ3v) is 4.72. The number of benzene rings is 2. The fourth-order valence-corrected chi connectivity index (χ4v) is 3.26. The Balaban J connectivity index is 1.49. The van der Waals surface area contributed by atoms with Crippen molar-refractivity contribution in [1.29, 1.82) is 0 Å². The molecule has 0 unspecified atom stereocenters. The molecule has 1 heterocycles. The minimum absolute atomic E-state index is 0.0714. The molecule has 0 saturated carbocycles. The summed E-state index contributed by atoms with van der Waals surface area (Å²) in [5.74, 6) is 0.383. The fraction of sp³-hybridized carbons (Fsp3) is 0.238. The van der Waals surface area contributed by atoms with E-state index in [0.717, 1.165) is 28.6 Å². The van der Waals surface area contributed by atoms with Crippen molar-refractivity contribution in [2.24, 2.45) is 0 Å². The largest absolute Gasteiger partial charge is 0.484 e. The zero-order chi connectivity index (χ0) is 21.5. The Hall–Kier alpha value is -3.33. The van der Waals surface area contributed by atoms with E-state index in [1.807, 2.05) is 26.0 Å². The van der Waals surface area contributed by atoms with Gasteiger partial charge >= 0.3 is 5.97 Å². The molecule has 9 heteroatoms. The van der Waals surface area contributed by atoms with Crippen LogP contribution in [-0.4, -0.2) is 34.9 Å². The van der Waals surface area contributed by atoms with E-state index in [9.17, 15) is 9.59 Å². The third-order valence-electron chi connectivity index (χ3n) is 3.90. The number of aromatic nitrogens is 2. The van der Waals surface area contributed by atoms with Crippen molar-refractivity contribution in [3.05, 3.63) is 65.0 Å². The Morgan fingerprint density at radius 3 is 2.60 bits per heavy atom. The molecule has 2 aromatic carbocycles. The van der Waals surface area contributed by atoms with Gasteiger partial charge in [0.1, 0.15) is 5.75 Å². The maximum Gasteiger partial charge on any atom is 0.337 e. The van der Waals surface area contributed by atoms with E-state index in [2.05, 4.69) is 26.3 Å². The van der Waals surface area contributed by atoms with E-state index in [-0.39, 0.29) is 23.5 Å². The highest BCUT2D eigenvalue weighted by molar-refractivity contribution is 7.99. The van der Waals surface area contributed by atoms with Gasteiger partial charge in [-0.3, -0.25) is 4.79 Å². The predicted molar refractivity (Wildman–Crippen MR) is 112 cm³/mol. The zero-order valence-corrected chi connectivity index (χ0v) is 17.6. The normalized spacial score (nSPS) is 10.5. The number of nitrogens with zero attached hydrogens (tertiary/aromatic N) is 2. The van der Waals surface area contributed by atoms with Crippen molar-refractivity contribution < 1.29 is 23.5 Å². The van der Waals surface area contributed by atoms with Gasteiger partial charge in [0.15, 0.2) is 6.61 Å². The lowest BCUT2D eigenvalue weighted by Crippen LogP contribution is -2.14.